The van der Waals surface area contributed by atoms with Crippen LogP contribution < -0.4 is 5.32 Å². The van der Waals surface area contributed by atoms with Crippen LogP contribution in [0.4, 0.5) is 4.39 Å². The van der Waals surface area contributed by atoms with Crippen molar-refractivity contribution in [3.8, 4) is 11.5 Å². The van der Waals surface area contributed by atoms with Gasteiger partial charge in [-0.25, -0.2) is 4.39 Å². The minimum Gasteiger partial charge on any atom is -0.421 e. The van der Waals surface area contributed by atoms with Crippen molar-refractivity contribution in [3.05, 3.63) is 34.4 Å². The summed E-state index contributed by atoms with van der Waals surface area (Å²) in [4.78, 5) is 0. The average Bonchev–Trinajstić information content (AvgIpc) is 3.15. The van der Waals surface area contributed by atoms with Gasteiger partial charge in [0.1, 0.15) is 5.82 Å². The second-order valence-electron chi connectivity index (χ2n) is 4.96. The molecule has 1 aliphatic carbocycles. The van der Waals surface area contributed by atoms with Gasteiger partial charge in [0.2, 0.25) is 5.89 Å². The first-order valence-corrected chi connectivity index (χ1v) is 7.53. The van der Waals surface area contributed by atoms with Crippen molar-refractivity contribution in [2.45, 2.75) is 31.7 Å². The molecule has 106 valence electrons. The van der Waals surface area contributed by atoms with E-state index in [0.717, 1.165) is 17.4 Å². The lowest BCUT2D eigenvalue weighted by molar-refractivity contribution is 0.487. The molecule has 3 rings (SSSR count). The monoisotopic (exact) mass is 339 g/mol. The van der Waals surface area contributed by atoms with E-state index in [0.29, 0.717) is 23.9 Å². The molecule has 20 heavy (non-hydrogen) atoms. The van der Waals surface area contributed by atoms with Crippen molar-refractivity contribution in [1.29, 1.82) is 0 Å². The maximum absolute atomic E-state index is 13.7. The number of halogens is 2. The Morgan fingerprint density at radius 2 is 2.20 bits per heavy atom. The lowest BCUT2D eigenvalue weighted by atomic mass is 10.2. The number of benzene rings is 1. The maximum atomic E-state index is 13.7. The number of rotatable bonds is 6. The highest BCUT2D eigenvalue weighted by Gasteiger charge is 2.19. The number of aromatic nitrogens is 2. The van der Waals surface area contributed by atoms with Crippen LogP contribution in [-0.4, -0.2) is 22.8 Å². The van der Waals surface area contributed by atoms with E-state index in [-0.39, 0.29) is 11.7 Å². The van der Waals surface area contributed by atoms with Crippen LogP contribution in [0.3, 0.4) is 0 Å². The van der Waals surface area contributed by atoms with Gasteiger partial charge >= 0.3 is 0 Å². The number of hydrogen-bond acceptors (Lipinski definition) is 4. The van der Waals surface area contributed by atoms with Crippen LogP contribution in [0.1, 0.15) is 25.2 Å². The molecule has 0 atom stereocenters. The molecule has 1 heterocycles. The van der Waals surface area contributed by atoms with Crippen LogP contribution in [0, 0.1) is 5.82 Å². The fourth-order valence-electron chi connectivity index (χ4n) is 1.96. The van der Waals surface area contributed by atoms with Gasteiger partial charge in [-0.05, 0) is 44.0 Å². The summed E-state index contributed by atoms with van der Waals surface area (Å²) in [7, 11) is 0. The van der Waals surface area contributed by atoms with E-state index in [9.17, 15) is 4.39 Å². The van der Waals surface area contributed by atoms with E-state index >= 15 is 0 Å². The maximum Gasteiger partial charge on any atom is 0.250 e. The first-order valence-electron chi connectivity index (χ1n) is 6.73. The van der Waals surface area contributed by atoms with Crippen molar-refractivity contribution in [1.82, 2.24) is 15.5 Å². The quantitative estimate of drug-likeness (QED) is 0.820. The molecule has 0 spiro atoms. The van der Waals surface area contributed by atoms with E-state index in [1.165, 1.54) is 18.9 Å². The number of aryl methyl sites for hydroxylation is 1. The molecule has 1 N–H and O–H groups in total. The Morgan fingerprint density at radius 1 is 1.35 bits per heavy atom. The predicted octanol–water partition coefficient (Wildman–Crippen LogP) is 3.32. The zero-order valence-electron chi connectivity index (χ0n) is 10.9. The van der Waals surface area contributed by atoms with Crippen molar-refractivity contribution in [2.75, 3.05) is 6.54 Å². The molecule has 6 heteroatoms. The van der Waals surface area contributed by atoms with Gasteiger partial charge < -0.3 is 9.73 Å². The second kappa shape index (κ2) is 6.01. The molecule has 4 nitrogen and oxygen atoms in total. The van der Waals surface area contributed by atoms with Crippen LogP contribution in [-0.2, 0) is 6.42 Å². The standard InChI is InChI=1S/C14H15BrFN3O/c15-9-3-6-12(16)11(8-9)14-19-18-13(20-14)2-1-7-17-10-4-5-10/h3,6,8,10,17H,1-2,4-5,7H2. The predicted molar refractivity (Wildman–Crippen MR) is 76.7 cm³/mol. The Labute approximate surface area is 124 Å². The Hall–Kier alpha value is -1.27. The fourth-order valence-corrected chi connectivity index (χ4v) is 2.32. The van der Waals surface area contributed by atoms with Gasteiger partial charge in [-0.2, -0.15) is 0 Å². The first kappa shape index (κ1) is 13.7. The average molecular weight is 340 g/mol. The fraction of sp³-hybridized carbons (Fsp3) is 0.429. The van der Waals surface area contributed by atoms with E-state index in [2.05, 4.69) is 31.4 Å². The minimum absolute atomic E-state index is 0.231. The number of nitrogens with zero attached hydrogens (tertiary/aromatic N) is 2. The SMILES string of the molecule is Fc1ccc(Br)cc1-c1nnc(CCCNC2CC2)o1. The first-order chi connectivity index (χ1) is 9.72. The Bertz CT molecular complexity index is 598. The van der Waals surface area contributed by atoms with E-state index in [1.807, 2.05) is 0 Å². The topological polar surface area (TPSA) is 51.0 Å². The molecule has 0 amide bonds. The lowest BCUT2D eigenvalue weighted by Crippen LogP contribution is -2.17. The molecule has 0 radical (unpaired) electrons. The molecule has 0 bridgehead atoms. The number of nitrogens with one attached hydrogen (secondary N) is 1. The summed E-state index contributed by atoms with van der Waals surface area (Å²) < 4.78 is 20.0. The molecule has 0 unspecified atom stereocenters. The normalized spacial score (nSPS) is 14.7. The van der Waals surface area contributed by atoms with Crippen molar-refractivity contribution < 1.29 is 8.81 Å². The largest absolute Gasteiger partial charge is 0.421 e. The molecular weight excluding hydrogens is 325 g/mol. The molecular formula is C14H15BrFN3O. The molecule has 1 fully saturated rings. The highest BCUT2D eigenvalue weighted by atomic mass is 79.9. The molecule has 0 aliphatic heterocycles. The summed E-state index contributed by atoms with van der Waals surface area (Å²) in [5.41, 5.74) is 0.328. The van der Waals surface area contributed by atoms with Gasteiger partial charge in [0.15, 0.2) is 0 Å². The van der Waals surface area contributed by atoms with Crippen LogP contribution in [0.2, 0.25) is 0 Å². The molecule has 1 aliphatic rings. The van der Waals surface area contributed by atoms with Gasteiger partial charge in [-0.3, -0.25) is 0 Å². The van der Waals surface area contributed by atoms with Crippen molar-refractivity contribution >= 4 is 15.9 Å². The molecule has 1 aromatic carbocycles. The summed E-state index contributed by atoms with van der Waals surface area (Å²) in [6.07, 6.45) is 4.22. The van der Waals surface area contributed by atoms with Gasteiger partial charge in [0.25, 0.3) is 5.89 Å². The van der Waals surface area contributed by atoms with Gasteiger partial charge in [-0.15, -0.1) is 10.2 Å². The van der Waals surface area contributed by atoms with Crippen LogP contribution >= 0.6 is 15.9 Å². The Morgan fingerprint density at radius 3 is 3.00 bits per heavy atom. The third kappa shape index (κ3) is 3.43. The molecule has 1 saturated carbocycles. The molecule has 2 aromatic rings. The highest BCUT2D eigenvalue weighted by Crippen LogP contribution is 2.25. The van der Waals surface area contributed by atoms with Crippen molar-refractivity contribution in [2.24, 2.45) is 0 Å². The highest BCUT2D eigenvalue weighted by molar-refractivity contribution is 9.10. The summed E-state index contributed by atoms with van der Waals surface area (Å²) in [5, 5.41) is 11.3. The summed E-state index contributed by atoms with van der Waals surface area (Å²) >= 11 is 3.31. The van der Waals surface area contributed by atoms with Gasteiger partial charge in [-0.1, -0.05) is 15.9 Å². The van der Waals surface area contributed by atoms with E-state index < -0.39 is 0 Å². The van der Waals surface area contributed by atoms with Gasteiger partial charge in [0.05, 0.1) is 5.56 Å². The Balaban J connectivity index is 1.61. The summed E-state index contributed by atoms with van der Waals surface area (Å²) in [6.45, 7) is 0.952. The third-order valence-corrected chi connectivity index (χ3v) is 3.70. The Kier molecular flexibility index (Phi) is 4.12. The van der Waals surface area contributed by atoms with E-state index in [1.54, 1.807) is 12.1 Å². The molecule has 0 saturated heterocycles. The van der Waals surface area contributed by atoms with Crippen molar-refractivity contribution in [3.63, 3.8) is 0 Å². The van der Waals surface area contributed by atoms with E-state index in [4.69, 9.17) is 4.42 Å². The van der Waals surface area contributed by atoms with Gasteiger partial charge in [0, 0.05) is 16.9 Å². The zero-order valence-corrected chi connectivity index (χ0v) is 12.5. The minimum atomic E-state index is -0.362. The summed E-state index contributed by atoms with van der Waals surface area (Å²) in [5.74, 6) is 0.421. The second-order valence-corrected chi connectivity index (χ2v) is 5.87. The number of hydrogen-bond donors (Lipinski definition) is 1. The van der Waals surface area contributed by atoms with Crippen LogP contribution in [0.5, 0.6) is 0 Å². The smallest absolute Gasteiger partial charge is 0.250 e. The third-order valence-electron chi connectivity index (χ3n) is 3.20. The zero-order chi connectivity index (χ0) is 13.9. The van der Waals surface area contributed by atoms with Crippen LogP contribution in [0.15, 0.2) is 27.1 Å². The van der Waals surface area contributed by atoms with Crippen LogP contribution in [0.25, 0.3) is 11.5 Å². The molecule has 1 aromatic heterocycles. The summed E-state index contributed by atoms with van der Waals surface area (Å²) in [6, 6.07) is 5.37. The lowest BCUT2D eigenvalue weighted by Gasteiger charge is -2.00.